The van der Waals surface area contributed by atoms with Crippen molar-refractivity contribution in [3.8, 4) is 5.75 Å². The number of nitrogens with two attached hydrogens (primary N) is 1. The Kier molecular flexibility index (Phi) is 8.84. The van der Waals surface area contributed by atoms with E-state index in [0.717, 1.165) is 6.04 Å². The first-order valence-corrected chi connectivity index (χ1v) is 19.2. The molecule has 0 aliphatic rings. The number of carbonyl (C=O) groups excluding carboxylic acids is 2. The van der Waals surface area contributed by atoms with Gasteiger partial charge in [-0.3, -0.25) is 9.59 Å². The van der Waals surface area contributed by atoms with Gasteiger partial charge in [-0.15, -0.1) is 0 Å². The van der Waals surface area contributed by atoms with E-state index >= 15 is 0 Å². The van der Waals surface area contributed by atoms with E-state index in [0.29, 0.717) is 18.0 Å². The summed E-state index contributed by atoms with van der Waals surface area (Å²) in [5.74, 6) is -1.23. The van der Waals surface area contributed by atoms with Crippen LogP contribution in [0.2, 0.25) is 51.9 Å². The van der Waals surface area contributed by atoms with Gasteiger partial charge in [-0.25, -0.2) is 0 Å². The van der Waals surface area contributed by atoms with Crippen LogP contribution in [-0.2, 0) is 17.8 Å². The molecule has 0 bridgehead atoms. The summed E-state index contributed by atoms with van der Waals surface area (Å²) >= 11 is 0. The standard InChI is InChI=1S/C19H36N2O5Si3/c1-15(14-29(8,25-27(2,3)4)26-28(5,6)7)13-24-17-12-10-9-11-16(17)21-19(23)18(20)22/h9-12,15H,13-14H2,1-8H3,(H2,20,22)(H,21,23). The fraction of sp³-hybridized carbons (Fsp3) is 0.579. The topological polar surface area (TPSA) is 99.9 Å². The first kappa shape index (κ1) is 25.6. The lowest BCUT2D eigenvalue weighted by Crippen LogP contribution is -2.53. The summed E-state index contributed by atoms with van der Waals surface area (Å²) in [6.45, 7) is 17.8. The number of hydrogen-bond acceptors (Lipinski definition) is 5. The lowest BCUT2D eigenvalue weighted by atomic mass is 10.2. The van der Waals surface area contributed by atoms with Crippen molar-refractivity contribution in [2.24, 2.45) is 11.7 Å². The van der Waals surface area contributed by atoms with Crippen molar-refractivity contribution in [1.29, 1.82) is 0 Å². The summed E-state index contributed by atoms with van der Waals surface area (Å²) in [5.41, 5.74) is 5.43. The minimum atomic E-state index is -2.36. The second-order valence-electron chi connectivity index (χ2n) is 9.50. The average molecular weight is 457 g/mol. The molecule has 3 N–H and O–H groups in total. The fourth-order valence-corrected chi connectivity index (χ4v) is 16.2. The lowest BCUT2D eigenvalue weighted by Gasteiger charge is -2.39. The molecule has 0 aliphatic carbocycles. The maximum absolute atomic E-state index is 11.6. The number of ether oxygens (including phenoxy) is 1. The molecule has 2 amide bonds. The highest BCUT2D eigenvalue weighted by Gasteiger charge is 2.41. The smallest absolute Gasteiger partial charge is 0.314 e. The van der Waals surface area contributed by atoms with Crippen molar-refractivity contribution in [2.75, 3.05) is 11.9 Å². The highest BCUT2D eigenvalue weighted by molar-refractivity contribution is 6.87. The Hall–Kier alpha value is -1.47. The second-order valence-corrected chi connectivity index (χ2v) is 22.3. The number of rotatable bonds is 10. The number of nitrogens with one attached hydrogen (secondary N) is 1. The van der Waals surface area contributed by atoms with Crippen LogP contribution >= 0.6 is 0 Å². The van der Waals surface area contributed by atoms with Crippen LogP contribution in [0.15, 0.2) is 24.3 Å². The predicted octanol–water partition coefficient (Wildman–Crippen LogP) is 3.90. The highest BCUT2D eigenvalue weighted by atomic mass is 28.5. The minimum absolute atomic E-state index is 0.194. The van der Waals surface area contributed by atoms with Gasteiger partial charge >= 0.3 is 20.4 Å². The van der Waals surface area contributed by atoms with Gasteiger partial charge in [0, 0.05) is 0 Å². The number of anilines is 1. The Labute approximate surface area is 177 Å². The molecule has 0 saturated heterocycles. The molecule has 1 unspecified atom stereocenters. The Balaban J connectivity index is 2.84. The van der Waals surface area contributed by atoms with Crippen LogP contribution in [0, 0.1) is 5.92 Å². The van der Waals surface area contributed by atoms with Gasteiger partial charge in [0.15, 0.2) is 16.6 Å². The van der Waals surface area contributed by atoms with Gasteiger partial charge in [-0.1, -0.05) is 19.1 Å². The molecule has 1 aromatic carbocycles. The van der Waals surface area contributed by atoms with Crippen molar-refractivity contribution < 1.29 is 22.6 Å². The van der Waals surface area contributed by atoms with E-state index in [1.165, 1.54) is 0 Å². The van der Waals surface area contributed by atoms with Crippen LogP contribution in [0.3, 0.4) is 0 Å². The minimum Gasteiger partial charge on any atom is -0.491 e. The summed E-state index contributed by atoms with van der Waals surface area (Å²) in [4.78, 5) is 22.6. The quantitative estimate of drug-likeness (QED) is 0.411. The van der Waals surface area contributed by atoms with Crippen molar-refractivity contribution in [3.63, 3.8) is 0 Å². The monoisotopic (exact) mass is 456 g/mol. The molecule has 7 nitrogen and oxygen atoms in total. The Morgan fingerprint density at radius 1 is 1.00 bits per heavy atom. The summed E-state index contributed by atoms with van der Waals surface area (Å²) in [5, 5.41) is 2.48. The zero-order valence-corrected chi connectivity index (χ0v) is 21.9. The Morgan fingerprint density at radius 3 is 2.00 bits per heavy atom. The van der Waals surface area contributed by atoms with Gasteiger partial charge in [-0.05, 0) is 69.9 Å². The average Bonchev–Trinajstić information content (AvgIpc) is 2.49. The van der Waals surface area contributed by atoms with Gasteiger partial charge in [-0.2, -0.15) is 0 Å². The summed E-state index contributed by atoms with van der Waals surface area (Å²) in [6.07, 6.45) is 0. The first-order chi connectivity index (χ1) is 13.1. The molecule has 0 fully saturated rings. The van der Waals surface area contributed by atoms with Crippen LogP contribution in [0.1, 0.15) is 6.92 Å². The molecule has 1 rings (SSSR count). The molecule has 10 heteroatoms. The van der Waals surface area contributed by atoms with E-state index in [2.05, 4.69) is 58.1 Å². The normalized spacial score (nSPS) is 13.7. The number of primary amides is 1. The van der Waals surface area contributed by atoms with Crippen molar-refractivity contribution >= 4 is 42.7 Å². The number of carbonyl (C=O) groups is 2. The second kappa shape index (κ2) is 10.0. The van der Waals surface area contributed by atoms with Gasteiger partial charge in [0.1, 0.15) is 5.75 Å². The number of benzene rings is 1. The molecule has 0 aliphatic heterocycles. The van der Waals surface area contributed by atoms with Gasteiger partial charge in [0.05, 0.1) is 12.3 Å². The molecule has 1 aromatic rings. The molecule has 0 heterocycles. The number of para-hydroxylation sites is 2. The van der Waals surface area contributed by atoms with Crippen molar-refractivity contribution in [2.45, 2.75) is 58.8 Å². The highest BCUT2D eigenvalue weighted by Crippen LogP contribution is 2.29. The molecule has 29 heavy (non-hydrogen) atoms. The number of hydrogen-bond donors (Lipinski definition) is 2. The molecule has 0 saturated carbocycles. The third-order valence-corrected chi connectivity index (χ3v) is 13.4. The summed E-state index contributed by atoms with van der Waals surface area (Å²) in [6, 6.07) is 7.79. The molecular formula is C19H36N2O5Si3. The van der Waals surface area contributed by atoms with E-state index in [-0.39, 0.29) is 5.92 Å². The number of amides is 2. The third-order valence-electron chi connectivity index (χ3n) is 3.65. The van der Waals surface area contributed by atoms with Crippen molar-refractivity contribution in [1.82, 2.24) is 0 Å². The predicted molar refractivity (Wildman–Crippen MR) is 124 cm³/mol. The van der Waals surface area contributed by atoms with E-state index in [9.17, 15) is 9.59 Å². The molecule has 0 radical (unpaired) electrons. The first-order valence-electron chi connectivity index (χ1n) is 9.83. The van der Waals surface area contributed by atoms with Gasteiger partial charge in [0.25, 0.3) is 0 Å². The summed E-state index contributed by atoms with van der Waals surface area (Å²) in [7, 11) is -5.88. The van der Waals surface area contributed by atoms with Crippen LogP contribution < -0.4 is 15.8 Å². The van der Waals surface area contributed by atoms with E-state index in [1.54, 1.807) is 24.3 Å². The largest absolute Gasteiger partial charge is 0.491 e. The van der Waals surface area contributed by atoms with E-state index in [1.807, 2.05) is 0 Å². The Bertz CT molecular complexity index is 701. The Morgan fingerprint density at radius 2 is 1.52 bits per heavy atom. The van der Waals surface area contributed by atoms with Crippen molar-refractivity contribution in [3.05, 3.63) is 24.3 Å². The zero-order valence-electron chi connectivity index (χ0n) is 18.9. The van der Waals surface area contributed by atoms with Crippen LogP contribution in [0.4, 0.5) is 5.69 Å². The third kappa shape index (κ3) is 10.2. The maximum atomic E-state index is 11.6. The van der Waals surface area contributed by atoms with Gasteiger partial charge in [0.2, 0.25) is 0 Å². The molecule has 0 spiro atoms. The SMILES string of the molecule is CC(COc1ccccc1NC(=O)C(N)=O)C[Si](C)(O[Si](C)(C)C)O[Si](C)(C)C. The van der Waals surface area contributed by atoms with Crippen LogP contribution in [0.5, 0.6) is 5.75 Å². The van der Waals surface area contributed by atoms with Gasteiger partial charge < -0.3 is 24.0 Å². The lowest BCUT2D eigenvalue weighted by molar-refractivity contribution is -0.134. The molecule has 164 valence electrons. The van der Waals surface area contributed by atoms with Crippen LogP contribution in [-0.4, -0.2) is 43.6 Å². The summed E-state index contributed by atoms with van der Waals surface area (Å²) < 4.78 is 19.1. The zero-order chi connectivity index (χ0) is 22.5. The molecule has 1 atom stereocenters. The van der Waals surface area contributed by atoms with E-state index < -0.39 is 37.0 Å². The molecule has 0 aromatic heterocycles. The molecular weight excluding hydrogens is 420 g/mol. The van der Waals surface area contributed by atoms with E-state index in [4.69, 9.17) is 18.7 Å². The van der Waals surface area contributed by atoms with Crippen LogP contribution in [0.25, 0.3) is 0 Å². The maximum Gasteiger partial charge on any atom is 0.314 e. The fourth-order valence-electron chi connectivity index (χ4n) is 3.20.